The first-order chi connectivity index (χ1) is 13.1. The summed E-state index contributed by atoms with van der Waals surface area (Å²) >= 11 is 0. The van der Waals surface area contributed by atoms with Gasteiger partial charge in [0.1, 0.15) is 17.9 Å². The second kappa shape index (κ2) is 6.71. The molecule has 1 amide bonds. The number of amidine groups is 1. The number of aliphatic imine (C=N–C) groups is 2. The zero-order chi connectivity index (χ0) is 19.0. The van der Waals surface area contributed by atoms with Crippen LogP contribution in [0.2, 0.25) is 0 Å². The topological polar surface area (TPSA) is 96.5 Å². The summed E-state index contributed by atoms with van der Waals surface area (Å²) in [4.78, 5) is 35.3. The van der Waals surface area contributed by atoms with Crippen LogP contribution >= 0.6 is 0 Å². The molecule has 0 saturated heterocycles. The molecular weight excluding hydrogens is 348 g/mol. The van der Waals surface area contributed by atoms with Gasteiger partial charge in [0, 0.05) is 12.2 Å². The quantitative estimate of drug-likeness (QED) is 0.839. The third-order valence-electron chi connectivity index (χ3n) is 4.36. The molecule has 4 rings (SSSR count). The summed E-state index contributed by atoms with van der Waals surface area (Å²) in [7, 11) is 0. The number of nitrogens with zero attached hydrogens (tertiary/aromatic N) is 3. The number of anilines is 1. The number of aryl methyl sites for hydroxylation is 1. The highest BCUT2D eigenvalue weighted by atomic mass is 16.5. The molecule has 1 N–H and O–H groups in total. The highest BCUT2D eigenvalue weighted by Gasteiger charge is 2.33. The van der Waals surface area contributed by atoms with E-state index in [2.05, 4.69) is 15.3 Å². The fraction of sp³-hybridized carbons (Fsp3) is 0.263. The summed E-state index contributed by atoms with van der Waals surface area (Å²) in [6.07, 6.45) is 1.67. The van der Waals surface area contributed by atoms with Gasteiger partial charge < -0.3 is 19.4 Å². The van der Waals surface area contributed by atoms with Gasteiger partial charge in [0.15, 0.2) is 0 Å². The van der Waals surface area contributed by atoms with Crippen LogP contribution in [0.1, 0.15) is 39.0 Å². The number of fused-ring (bicyclic) bond motifs is 3. The number of ether oxygens (including phenoxy) is 1. The Bertz CT molecular complexity index is 972. The molecular formula is C19H18N4O4. The highest BCUT2D eigenvalue weighted by Crippen LogP contribution is 2.34. The minimum absolute atomic E-state index is 0.311. The smallest absolute Gasteiger partial charge is 0.338 e. The second-order valence-corrected chi connectivity index (χ2v) is 6.11. The standard InChI is InChI=1S/C19H18N4O4/c1-3-26-19(25)12-4-6-13(7-5-12)22-17(24)14-11(2)27-18-15(14)16-20-8-9-23(16)10-21-18/h4-7,10H,3,8-9H2,1-2H3,(H,22,24). The molecule has 1 aromatic heterocycles. The Hall–Kier alpha value is -3.42. The van der Waals surface area contributed by atoms with Crippen LogP contribution in [0.4, 0.5) is 11.6 Å². The van der Waals surface area contributed by atoms with Gasteiger partial charge in [-0.2, -0.15) is 0 Å². The fourth-order valence-corrected chi connectivity index (χ4v) is 3.12. The van der Waals surface area contributed by atoms with E-state index in [1.165, 1.54) is 0 Å². The number of rotatable bonds is 4. The summed E-state index contributed by atoms with van der Waals surface area (Å²) in [6.45, 7) is 5.18. The van der Waals surface area contributed by atoms with Crippen molar-refractivity contribution < 1.29 is 18.7 Å². The van der Waals surface area contributed by atoms with E-state index in [1.807, 2.05) is 4.90 Å². The second-order valence-electron chi connectivity index (χ2n) is 6.11. The molecule has 0 bridgehead atoms. The Morgan fingerprint density at radius 3 is 2.81 bits per heavy atom. The monoisotopic (exact) mass is 366 g/mol. The highest BCUT2D eigenvalue weighted by molar-refractivity contribution is 6.19. The van der Waals surface area contributed by atoms with Crippen molar-refractivity contribution >= 4 is 35.6 Å². The number of carbonyl (C=O) groups excluding carboxylic acids is 2. The fourth-order valence-electron chi connectivity index (χ4n) is 3.12. The number of furan rings is 1. The Kier molecular flexibility index (Phi) is 4.23. The maximum Gasteiger partial charge on any atom is 0.338 e. The summed E-state index contributed by atoms with van der Waals surface area (Å²) in [6, 6.07) is 6.53. The van der Waals surface area contributed by atoms with E-state index >= 15 is 0 Å². The third-order valence-corrected chi connectivity index (χ3v) is 4.36. The zero-order valence-electron chi connectivity index (χ0n) is 15.0. The van der Waals surface area contributed by atoms with Crippen LogP contribution in [-0.2, 0) is 4.74 Å². The predicted molar refractivity (Wildman–Crippen MR) is 100 cm³/mol. The first-order valence-corrected chi connectivity index (χ1v) is 8.66. The summed E-state index contributed by atoms with van der Waals surface area (Å²) in [5.74, 6) is 0.876. The first-order valence-electron chi connectivity index (χ1n) is 8.66. The Morgan fingerprint density at radius 1 is 1.30 bits per heavy atom. The number of carbonyl (C=O) groups is 2. The normalized spacial score (nSPS) is 14.4. The van der Waals surface area contributed by atoms with Crippen molar-refractivity contribution in [3.05, 3.63) is 46.7 Å². The summed E-state index contributed by atoms with van der Waals surface area (Å²) < 4.78 is 10.6. The minimum Gasteiger partial charge on any atom is -0.462 e. The van der Waals surface area contributed by atoms with Crippen LogP contribution in [0, 0.1) is 6.92 Å². The SMILES string of the molecule is CCOC(=O)c1ccc(NC(=O)c2c(C)oc3c2C2=NCCN2C=N3)cc1. The third kappa shape index (κ3) is 2.99. The van der Waals surface area contributed by atoms with Crippen molar-refractivity contribution in [2.75, 3.05) is 25.0 Å². The molecule has 2 aromatic rings. The average molecular weight is 366 g/mol. The molecule has 2 aliphatic rings. The van der Waals surface area contributed by atoms with E-state index < -0.39 is 5.97 Å². The lowest BCUT2D eigenvalue weighted by Crippen LogP contribution is -2.30. The maximum absolute atomic E-state index is 12.9. The van der Waals surface area contributed by atoms with Crippen LogP contribution in [0.15, 0.2) is 38.7 Å². The molecule has 8 nitrogen and oxygen atoms in total. The first kappa shape index (κ1) is 17.0. The lowest BCUT2D eigenvalue weighted by Gasteiger charge is -2.18. The van der Waals surface area contributed by atoms with E-state index in [0.29, 0.717) is 53.0 Å². The van der Waals surface area contributed by atoms with Crippen molar-refractivity contribution in [2.24, 2.45) is 9.98 Å². The number of nitrogens with one attached hydrogen (secondary N) is 1. The van der Waals surface area contributed by atoms with E-state index in [0.717, 1.165) is 6.54 Å². The number of hydrogen-bond donors (Lipinski definition) is 1. The van der Waals surface area contributed by atoms with Gasteiger partial charge in [0.25, 0.3) is 5.91 Å². The molecule has 0 saturated carbocycles. The largest absolute Gasteiger partial charge is 0.462 e. The molecule has 2 aliphatic heterocycles. The van der Waals surface area contributed by atoms with E-state index in [9.17, 15) is 9.59 Å². The van der Waals surface area contributed by atoms with Gasteiger partial charge in [0.2, 0.25) is 5.88 Å². The van der Waals surface area contributed by atoms with E-state index in [-0.39, 0.29) is 5.91 Å². The van der Waals surface area contributed by atoms with Gasteiger partial charge >= 0.3 is 5.97 Å². The van der Waals surface area contributed by atoms with Crippen LogP contribution in [0.25, 0.3) is 0 Å². The molecule has 0 atom stereocenters. The van der Waals surface area contributed by atoms with E-state index in [4.69, 9.17) is 9.15 Å². The van der Waals surface area contributed by atoms with Gasteiger partial charge in [0.05, 0.1) is 29.8 Å². The molecule has 1 aromatic carbocycles. The van der Waals surface area contributed by atoms with Gasteiger partial charge in [-0.1, -0.05) is 0 Å². The molecule has 0 aliphatic carbocycles. The van der Waals surface area contributed by atoms with Crippen molar-refractivity contribution in [1.82, 2.24) is 4.90 Å². The Labute approximate surface area is 155 Å². The molecule has 0 fully saturated rings. The van der Waals surface area contributed by atoms with Crippen molar-refractivity contribution in [3.63, 3.8) is 0 Å². The average Bonchev–Trinajstić information content (AvgIpc) is 3.25. The number of amides is 1. The molecule has 0 spiro atoms. The van der Waals surface area contributed by atoms with Crippen molar-refractivity contribution in [3.8, 4) is 0 Å². The minimum atomic E-state index is -0.396. The number of esters is 1. The van der Waals surface area contributed by atoms with Crippen LogP contribution in [0.3, 0.4) is 0 Å². The Balaban J connectivity index is 1.59. The summed E-state index contributed by atoms with van der Waals surface area (Å²) in [5.41, 5.74) is 2.03. The molecule has 0 radical (unpaired) electrons. The zero-order valence-corrected chi connectivity index (χ0v) is 15.0. The van der Waals surface area contributed by atoms with Gasteiger partial charge in [-0.15, -0.1) is 0 Å². The van der Waals surface area contributed by atoms with Crippen LogP contribution in [0.5, 0.6) is 0 Å². The molecule has 27 heavy (non-hydrogen) atoms. The van der Waals surface area contributed by atoms with E-state index in [1.54, 1.807) is 44.5 Å². The molecule has 138 valence electrons. The lowest BCUT2D eigenvalue weighted by atomic mass is 10.1. The molecule has 0 unspecified atom stereocenters. The number of benzene rings is 1. The van der Waals surface area contributed by atoms with Crippen molar-refractivity contribution in [1.29, 1.82) is 0 Å². The van der Waals surface area contributed by atoms with Gasteiger partial charge in [-0.05, 0) is 38.1 Å². The maximum atomic E-state index is 12.9. The molecule has 8 heteroatoms. The number of hydrogen-bond acceptors (Lipinski definition) is 7. The predicted octanol–water partition coefficient (Wildman–Crippen LogP) is 2.75. The van der Waals surface area contributed by atoms with Gasteiger partial charge in [-0.3, -0.25) is 9.79 Å². The molecule has 3 heterocycles. The Morgan fingerprint density at radius 2 is 2.07 bits per heavy atom. The van der Waals surface area contributed by atoms with Gasteiger partial charge in [-0.25, -0.2) is 9.79 Å². The lowest BCUT2D eigenvalue weighted by molar-refractivity contribution is 0.0526. The van der Waals surface area contributed by atoms with Crippen LogP contribution < -0.4 is 5.32 Å². The van der Waals surface area contributed by atoms with Crippen LogP contribution in [-0.4, -0.2) is 48.6 Å². The summed E-state index contributed by atoms with van der Waals surface area (Å²) in [5, 5.41) is 2.84. The van der Waals surface area contributed by atoms with Crippen molar-refractivity contribution in [2.45, 2.75) is 13.8 Å².